The molecular weight excluding hydrogens is 216 g/mol. The molecule has 88 valence electrons. The third-order valence-corrected chi connectivity index (χ3v) is 2.58. The van der Waals surface area contributed by atoms with Crippen molar-refractivity contribution in [2.75, 3.05) is 0 Å². The van der Waals surface area contributed by atoms with Gasteiger partial charge >= 0.3 is 0 Å². The molecule has 0 aliphatic heterocycles. The highest BCUT2D eigenvalue weighted by atomic mass is 16.4. The number of amidine groups is 1. The summed E-state index contributed by atoms with van der Waals surface area (Å²) in [7, 11) is 0. The number of oxime groups is 1. The SMILES string of the molecule is CCc1nccn1-c1ccc(/C(N)=N/O)cc1. The highest BCUT2D eigenvalue weighted by Gasteiger charge is 2.04. The number of benzene rings is 1. The molecule has 0 spiro atoms. The van der Waals surface area contributed by atoms with E-state index in [2.05, 4.69) is 17.1 Å². The molecule has 5 heteroatoms. The smallest absolute Gasteiger partial charge is 0.170 e. The quantitative estimate of drug-likeness (QED) is 0.363. The van der Waals surface area contributed by atoms with Crippen molar-refractivity contribution in [3.05, 3.63) is 48.0 Å². The first-order valence-corrected chi connectivity index (χ1v) is 5.36. The van der Waals surface area contributed by atoms with Gasteiger partial charge < -0.3 is 15.5 Å². The molecule has 0 atom stereocenters. The van der Waals surface area contributed by atoms with Gasteiger partial charge in [0.25, 0.3) is 0 Å². The Labute approximate surface area is 99.2 Å². The number of nitrogens with zero attached hydrogens (tertiary/aromatic N) is 3. The summed E-state index contributed by atoms with van der Waals surface area (Å²) in [5, 5.41) is 11.5. The molecule has 1 aromatic carbocycles. The monoisotopic (exact) mass is 230 g/mol. The van der Waals surface area contributed by atoms with E-state index in [1.54, 1.807) is 6.20 Å². The van der Waals surface area contributed by atoms with Gasteiger partial charge in [0.1, 0.15) is 5.82 Å². The van der Waals surface area contributed by atoms with E-state index in [4.69, 9.17) is 10.9 Å². The summed E-state index contributed by atoms with van der Waals surface area (Å²) in [6.07, 6.45) is 4.56. The fraction of sp³-hybridized carbons (Fsp3) is 0.167. The topological polar surface area (TPSA) is 76.4 Å². The summed E-state index contributed by atoms with van der Waals surface area (Å²) in [5.41, 5.74) is 7.20. The molecule has 3 N–H and O–H groups in total. The zero-order chi connectivity index (χ0) is 12.3. The molecule has 0 unspecified atom stereocenters. The zero-order valence-corrected chi connectivity index (χ0v) is 9.54. The standard InChI is InChI=1S/C12H14N4O/c1-2-11-14-7-8-16(11)10-5-3-9(4-6-10)12(13)15-17/h3-8,17H,2H2,1H3,(H2,13,15). The average Bonchev–Trinajstić information content (AvgIpc) is 2.86. The molecule has 0 amide bonds. The van der Waals surface area contributed by atoms with Crippen molar-refractivity contribution in [2.45, 2.75) is 13.3 Å². The highest BCUT2D eigenvalue weighted by molar-refractivity contribution is 5.97. The van der Waals surface area contributed by atoms with Gasteiger partial charge in [-0.05, 0) is 24.3 Å². The van der Waals surface area contributed by atoms with Crippen molar-refractivity contribution >= 4 is 5.84 Å². The maximum Gasteiger partial charge on any atom is 0.170 e. The summed E-state index contributed by atoms with van der Waals surface area (Å²) in [6, 6.07) is 7.44. The van der Waals surface area contributed by atoms with Crippen molar-refractivity contribution in [1.82, 2.24) is 9.55 Å². The van der Waals surface area contributed by atoms with Crippen LogP contribution < -0.4 is 5.73 Å². The van der Waals surface area contributed by atoms with Crippen LogP contribution in [-0.2, 0) is 6.42 Å². The van der Waals surface area contributed by atoms with Crippen molar-refractivity contribution in [1.29, 1.82) is 0 Å². The second kappa shape index (κ2) is 4.69. The van der Waals surface area contributed by atoms with Crippen molar-refractivity contribution in [3.8, 4) is 5.69 Å². The minimum Gasteiger partial charge on any atom is -0.409 e. The van der Waals surface area contributed by atoms with Crippen LogP contribution in [0.1, 0.15) is 18.3 Å². The lowest BCUT2D eigenvalue weighted by Gasteiger charge is -2.07. The molecule has 0 saturated heterocycles. The van der Waals surface area contributed by atoms with Gasteiger partial charge in [-0.1, -0.05) is 12.1 Å². The molecule has 0 bridgehead atoms. The molecular formula is C12H14N4O. The van der Waals surface area contributed by atoms with Crippen LogP contribution in [0.5, 0.6) is 0 Å². The molecule has 1 aromatic heterocycles. The maximum absolute atomic E-state index is 8.57. The van der Waals surface area contributed by atoms with Crippen LogP contribution in [0.15, 0.2) is 41.8 Å². The molecule has 0 fully saturated rings. The third kappa shape index (κ3) is 2.13. The second-order valence-corrected chi connectivity index (χ2v) is 3.60. The van der Waals surface area contributed by atoms with Crippen molar-refractivity contribution in [3.63, 3.8) is 0 Å². The molecule has 2 rings (SSSR count). The van der Waals surface area contributed by atoms with Gasteiger partial charge in [0.2, 0.25) is 0 Å². The van der Waals surface area contributed by atoms with Crippen molar-refractivity contribution < 1.29 is 5.21 Å². The van der Waals surface area contributed by atoms with E-state index in [1.165, 1.54) is 0 Å². The Morgan fingerprint density at radius 1 is 1.41 bits per heavy atom. The Morgan fingerprint density at radius 3 is 2.71 bits per heavy atom. The van der Waals surface area contributed by atoms with Gasteiger partial charge in [-0.2, -0.15) is 0 Å². The van der Waals surface area contributed by atoms with E-state index < -0.39 is 0 Å². The van der Waals surface area contributed by atoms with Crippen LogP contribution >= 0.6 is 0 Å². The summed E-state index contributed by atoms with van der Waals surface area (Å²) in [4.78, 5) is 4.26. The lowest BCUT2D eigenvalue weighted by Crippen LogP contribution is -2.12. The Bertz CT molecular complexity index is 528. The Hall–Kier alpha value is -2.30. The number of aryl methyl sites for hydroxylation is 1. The number of aromatic nitrogens is 2. The Morgan fingerprint density at radius 2 is 2.12 bits per heavy atom. The van der Waals surface area contributed by atoms with E-state index >= 15 is 0 Å². The van der Waals surface area contributed by atoms with Crippen LogP contribution in [0.4, 0.5) is 0 Å². The molecule has 5 nitrogen and oxygen atoms in total. The van der Waals surface area contributed by atoms with E-state index in [-0.39, 0.29) is 5.84 Å². The first-order chi connectivity index (χ1) is 8.26. The van der Waals surface area contributed by atoms with Gasteiger partial charge in [0.05, 0.1) is 0 Å². The van der Waals surface area contributed by atoms with Crippen molar-refractivity contribution in [2.24, 2.45) is 10.9 Å². The highest BCUT2D eigenvalue weighted by Crippen LogP contribution is 2.12. The Balaban J connectivity index is 2.36. The molecule has 0 radical (unpaired) electrons. The molecule has 0 saturated carbocycles. The van der Waals surface area contributed by atoms with Crippen LogP contribution in [0.2, 0.25) is 0 Å². The molecule has 17 heavy (non-hydrogen) atoms. The van der Waals surface area contributed by atoms with Crippen LogP contribution in [0.3, 0.4) is 0 Å². The fourth-order valence-corrected chi connectivity index (χ4v) is 1.68. The molecule has 0 aliphatic carbocycles. The van der Waals surface area contributed by atoms with E-state index in [9.17, 15) is 0 Å². The van der Waals surface area contributed by atoms with Crippen LogP contribution in [0.25, 0.3) is 5.69 Å². The predicted octanol–water partition coefficient (Wildman–Crippen LogP) is 1.53. The van der Waals surface area contributed by atoms with Crippen LogP contribution in [-0.4, -0.2) is 20.6 Å². The molecule has 0 aliphatic rings. The minimum atomic E-state index is 0.109. The second-order valence-electron chi connectivity index (χ2n) is 3.60. The zero-order valence-electron chi connectivity index (χ0n) is 9.54. The summed E-state index contributed by atoms with van der Waals surface area (Å²) in [6.45, 7) is 2.06. The van der Waals surface area contributed by atoms with E-state index in [0.29, 0.717) is 5.56 Å². The number of nitrogens with two attached hydrogens (primary N) is 1. The number of hydrogen-bond donors (Lipinski definition) is 2. The fourth-order valence-electron chi connectivity index (χ4n) is 1.68. The first-order valence-electron chi connectivity index (χ1n) is 5.36. The number of hydrogen-bond acceptors (Lipinski definition) is 3. The summed E-state index contributed by atoms with van der Waals surface area (Å²) in [5.74, 6) is 1.11. The molecule has 2 aromatic rings. The summed E-state index contributed by atoms with van der Waals surface area (Å²) < 4.78 is 2.01. The predicted molar refractivity (Wildman–Crippen MR) is 65.5 cm³/mol. The number of rotatable bonds is 3. The van der Waals surface area contributed by atoms with E-state index in [1.807, 2.05) is 35.0 Å². The normalized spacial score (nSPS) is 11.7. The largest absolute Gasteiger partial charge is 0.409 e. The average molecular weight is 230 g/mol. The van der Waals surface area contributed by atoms with Gasteiger partial charge in [0, 0.05) is 30.1 Å². The lowest BCUT2D eigenvalue weighted by atomic mass is 10.2. The minimum absolute atomic E-state index is 0.109. The lowest BCUT2D eigenvalue weighted by molar-refractivity contribution is 0.318. The summed E-state index contributed by atoms with van der Waals surface area (Å²) >= 11 is 0. The third-order valence-electron chi connectivity index (χ3n) is 2.58. The molecule has 1 heterocycles. The van der Waals surface area contributed by atoms with E-state index in [0.717, 1.165) is 17.9 Å². The number of imidazole rings is 1. The van der Waals surface area contributed by atoms with Gasteiger partial charge in [-0.3, -0.25) is 0 Å². The maximum atomic E-state index is 8.57. The van der Waals surface area contributed by atoms with Gasteiger partial charge in [-0.25, -0.2) is 4.98 Å². The van der Waals surface area contributed by atoms with Gasteiger partial charge in [-0.15, -0.1) is 0 Å². The van der Waals surface area contributed by atoms with Crippen LogP contribution in [0, 0.1) is 0 Å². The van der Waals surface area contributed by atoms with Gasteiger partial charge in [0.15, 0.2) is 5.84 Å². The first kappa shape index (κ1) is 11.2. The Kier molecular flexibility index (Phi) is 3.09.